The maximum atomic E-state index is 12.3. The second-order valence-electron chi connectivity index (χ2n) is 4.45. The molecule has 1 aliphatic heterocycles. The lowest BCUT2D eigenvalue weighted by Crippen LogP contribution is -2.24. The van der Waals surface area contributed by atoms with Crippen LogP contribution in [0.1, 0.15) is 22.0 Å². The Labute approximate surface area is 119 Å². The lowest BCUT2D eigenvalue weighted by atomic mass is 10.0. The predicted molar refractivity (Wildman–Crippen MR) is 72.3 cm³/mol. The SMILES string of the molecule is O=C(O)c1nccnc1NC(=O)C1COc2ccccc21. The van der Waals surface area contributed by atoms with E-state index in [0.29, 0.717) is 5.75 Å². The number of nitrogens with zero attached hydrogens (tertiary/aromatic N) is 2. The second kappa shape index (κ2) is 5.20. The monoisotopic (exact) mass is 285 g/mol. The first-order chi connectivity index (χ1) is 10.2. The molecule has 7 heteroatoms. The van der Waals surface area contributed by atoms with E-state index in [1.165, 1.54) is 12.4 Å². The number of carboxylic acid groups (broad SMARTS) is 1. The van der Waals surface area contributed by atoms with Crippen molar-refractivity contribution in [2.45, 2.75) is 5.92 Å². The second-order valence-corrected chi connectivity index (χ2v) is 4.45. The molecule has 1 aromatic carbocycles. The zero-order chi connectivity index (χ0) is 14.8. The fourth-order valence-electron chi connectivity index (χ4n) is 2.17. The number of anilines is 1. The number of carbonyl (C=O) groups excluding carboxylic acids is 1. The first-order valence-electron chi connectivity index (χ1n) is 6.23. The van der Waals surface area contributed by atoms with Gasteiger partial charge in [-0.2, -0.15) is 0 Å². The molecule has 21 heavy (non-hydrogen) atoms. The predicted octanol–water partition coefficient (Wildman–Crippen LogP) is 1.29. The summed E-state index contributed by atoms with van der Waals surface area (Å²) in [5.74, 6) is -1.52. The van der Waals surface area contributed by atoms with Crippen molar-refractivity contribution in [2.24, 2.45) is 0 Å². The minimum absolute atomic E-state index is 0.0700. The molecule has 0 fully saturated rings. The Morgan fingerprint density at radius 1 is 1.24 bits per heavy atom. The molecule has 2 aromatic rings. The van der Waals surface area contributed by atoms with Crippen molar-refractivity contribution in [1.29, 1.82) is 0 Å². The molecule has 0 radical (unpaired) electrons. The topological polar surface area (TPSA) is 101 Å². The Hall–Kier alpha value is -2.96. The summed E-state index contributed by atoms with van der Waals surface area (Å²) in [6.07, 6.45) is 2.58. The fourth-order valence-corrected chi connectivity index (χ4v) is 2.17. The van der Waals surface area contributed by atoms with Crippen molar-refractivity contribution in [3.63, 3.8) is 0 Å². The van der Waals surface area contributed by atoms with Crippen molar-refractivity contribution >= 4 is 17.7 Å². The number of hydrogen-bond acceptors (Lipinski definition) is 5. The molecule has 0 spiro atoms. The van der Waals surface area contributed by atoms with Crippen LogP contribution in [0.2, 0.25) is 0 Å². The van der Waals surface area contributed by atoms with Crippen molar-refractivity contribution in [3.05, 3.63) is 47.9 Å². The Kier molecular flexibility index (Phi) is 3.23. The van der Waals surface area contributed by atoms with Crippen LogP contribution in [0.25, 0.3) is 0 Å². The number of nitrogens with one attached hydrogen (secondary N) is 1. The zero-order valence-electron chi connectivity index (χ0n) is 10.8. The Morgan fingerprint density at radius 2 is 2.00 bits per heavy atom. The Balaban J connectivity index is 1.84. The quantitative estimate of drug-likeness (QED) is 0.881. The average Bonchev–Trinajstić information content (AvgIpc) is 2.91. The normalized spacial score (nSPS) is 15.9. The van der Waals surface area contributed by atoms with Crippen molar-refractivity contribution in [1.82, 2.24) is 9.97 Å². The first-order valence-corrected chi connectivity index (χ1v) is 6.23. The number of benzene rings is 1. The van der Waals surface area contributed by atoms with Crippen LogP contribution in [-0.2, 0) is 4.79 Å². The van der Waals surface area contributed by atoms with E-state index in [9.17, 15) is 9.59 Å². The van der Waals surface area contributed by atoms with Crippen LogP contribution in [0.4, 0.5) is 5.82 Å². The minimum atomic E-state index is -1.25. The Morgan fingerprint density at radius 3 is 2.81 bits per heavy atom. The third-order valence-electron chi connectivity index (χ3n) is 3.16. The molecular formula is C14H11N3O4. The first kappa shape index (κ1) is 13.0. The van der Waals surface area contributed by atoms with Crippen LogP contribution < -0.4 is 10.1 Å². The van der Waals surface area contributed by atoms with Gasteiger partial charge < -0.3 is 15.2 Å². The molecule has 0 saturated carbocycles. The lowest BCUT2D eigenvalue weighted by Gasteiger charge is -2.10. The van der Waals surface area contributed by atoms with Gasteiger partial charge in [-0.3, -0.25) is 4.79 Å². The van der Waals surface area contributed by atoms with Gasteiger partial charge in [-0.05, 0) is 6.07 Å². The van der Waals surface area contributed by atoms with Crippen LogP contribution >= 0.6 is 0 Å². The number of aromatic carboxylic acids is 1. The summed E-state index contributed by atoms with van der Waals surface area (Å²) >= 11 is 0. The van der Waals surface area contributed by atoms with Crippen LogP contribution in [0.5, 0.6) is 5.75 Å². The number of para-hydroxylation sites is 1. The molecule has 106 valence electrons. The summed E-state index contributed by atoms with van der Waals surface area (Å²) < 4.78 is 5.43. The maximum Gasteiger partial charge on any atom is 0.358 e. The number of carbonyl (C=O) groups is 2. The summed E-state index contributed by atoms with van der Waals surface area (Å²) in [4.78, 5) is 30.9. The smallest absolute Gasteiger partial charge is 0.358 e. The van der Waals surface area contributed by atoms with E-state index in [1.54, 1.807) is 12.1 Å². The highest BCUT2D eigenvalue weighted by Crippen LogP contribution is 2.34. The molecule has 0 bridgehead atoms. The highest BCUT2D eigenvalue weighted by Gasteiger charge is 2.31. The molecular weight excluding hydrogens is 274 g/mol. The third kappa shape index (κ3) is 2.40. The minimum Gasteiger partial charge on any atom is -0.492 e. The number of aromatic nitrogens is 2. The molecule has 2 heterocycles. The van der Waals surface area contributed by atoms with Crippen LogP contribution in [0, 0.1) is 0 Å². The number of carboxylic acids is 1. The molecule has 2 N–H and O–H groups in total. The van der Waals surface area contributed by atoms with Gasteiger partial charge >= 0.3 is 5.97 Å². The van der Waals surface area contributed by atoms with Gasteiger partial charge in [0.05, 0.1) is 0 Å². The molecule has 1 aromatic heterocycles. The van der Waals surface area contributed by atoms with E-state index in [-0.39, 0.29) is 24.0 Å². The van der Waals surface area contributed by atoms with Crippen LogP contribution in [0.3, 0.4) is 0 Å². The summed E-state index contributed by atoms with van der Waals surface area (Å²) in [5.41, 5.74) is 0.480. The molecule has 0 saturated heterocycles. The van der Waals surface area contributed by atoms with Crippen molar-refractivity contribution in [3.8, 4) is 5.75 Å². The molecule has 1 aliphatic rings. The third-order valence-corrected chi connectivity index (χ3v) is 3.16. The standard InChI is InChI=1S/C14H11N3O4/c18-13(9-7-21-10-4-2-1-3-8(9)10)17-12-11(14(19)20)15-5-6-16-12/h1-6,9H,7H2,(H,19,20)(H,16,17,18). The van der Waals surface area contributed by atoms with Crippen LogP contribution in [-0.4, -0.2) is 33.6 Å². The number of fused-ring (bicyclic) bond motifs is 1. The number of amides is 1. The van der Waals surface area contributed by atoms with E-state index >= 15 is 0 Å². The summed E-state index contributed by atoms with van der Waals surface area (Å²) in [5, 5.41) is 11.5. The van der Waals surface area contributed by atoms with Gasteiger partial charge in [-0.15, -0.1) is 0 Å². The van der Waals surface area contributed by atoms with E-state index in [2.05, 4.69) is 15.3 Å². The summed E-state index contributed by atoms with van der Waals surface area (Å²) in [6.45, 7) is 0.216. The van der Waals surface area contributed by atoms with E-state index in [1.807, 2.05) is 12.1 Å². The van der Waals surface area contributed by atoms with Crippen molar-refractivity contribution < 1.29 is 19.4 Å². The van der Waals surface area contributed by atoms with Gasteiger partial charge in [0.1, 0.15) is 18.3 Å². The lowest BCUT2D eigenvalue weighted by molar-refractivity contribution is -0.117. The molecule has 7 nitrogen and oxygen atoms in total. The largest absolute Gasteiger partial charge is 0.492 e. The van der Waals surface area contributed by atoms with Gasteiger partial charge in [0.15, 0.2) is 11.5 Å². The van der Waals surface area contributed by atoms with Gasteiger partial charge in [0.25, 0.3) is 0 Å². The molecule has 1 amide bonds. The highest BCUT2D eigenvalue weighted by molar-refractivity contribution is 6.00. The number of hydrogen-bond donors (Lipinski definition) is 2. The molecule has 1 unspecified atom stereocenters. The number of rotatable bonds is 3. The van der Waals surface area contributed by atoms with Gasteiger partial charge in [0, 0.05) is 18.0 Å². The van der Waals surface area contributed by atoms with E-state index in [4.69, 9.17) is 9.84 Å². The van der Waals surface area contributed by atoms with Crippen LogP contribution in [0.15, 0.2) is 36.7 Å². The highest BCUT2D eigenvalue weighted by atomic mass is 16.5. The van der Waals surface area contributed by atoms with Gasteiger partial charge in [0.2, 0.25) is 5.91 Å². The average molecular weight is 285 g/mol. The van der Waals surface area contributed by atoms with E-state index in [0.717, 1.165) is 5.56 Å². The van der Waals surface area contributed by atoms with Gasteiger partial charge in [-0.1, -0.05) is 18.2 Å². The summed E-state index contributed by atoms with van der Waals surface area (Å²) in [6, 6.07) is 7.23. The maximum absolute atomic E-state index is 12.3. The number of ether oxygens (including phenoxy) is 1. The fraction of sp³-hybridized carbons (Fsp3) is 0.143. The van der Waals surface area contributed by atoms with Gasteiger partial charge in [-0.25, -0.2) is 14.8 Å². The zero-order valence-corrected chi connectivity index (χ0v) is 10.8. The molecule has 0 aliphatic carbocycles. The summed E-state index contributed by atoms with van der Waals surface area (Å²) in [7, 11) is 0. The van der Waals surface area contributed by atoms with Crippen molar-refractivity contribution in [2.75, 3.05) is 11.9 Å². The molecule has 3 rings (SSSR count). The molecule has 1 atom stereocenters. The Bertz CT molecular complexity index is 717. The van der Waals surface area contributed by atoms with E-state index < -0.39 is 11.9 Å².